The van der Waals surface area contributed by atoms with E-state index in [-0.39, 0.29) is 11.9 Å². The fourth-order valence-electron chi connectivity index (χ4n) is 3.80. The molecule has 0 radical (unpaired) electrons. The first-order valence-corrected chi connectivity index (χ1v) is 11.4. The number of rotatable bonds is 8. The lowest BCUT2D eigenvalue weighted by Gasteiger charge is -2.20. The Bertz CT molecular complexity index is 1220. The molecule has 0 amide bonds. The molecule has 0 saturated carbocycles. The Morgan fingerprint density at radius 3 is 2.44 bits per heavy atom. The lowest BCUT2D eigenvalue weighted by atomic mass is 9.93. The fourth-order valence-corrected chi connectivity index (χ4v) is 3.80. The van der Waals surface area contributed by atoms with Crippen LogP contribution in [0.4, 0.5) is 5.69 Å². The van der Waals surface area contributed by atoms with Gasteiger partial charge in [-0.3, -0.25) is 10.4 Å². The molecule has 5 N–H and O–H groups in total. The number of hydrogen-bond acceptors (Lipinski definition) is 5. The van der Waals surface area contributed by atoms with Gasteiger partial charge in [-0.05, 0) is 54.0 Å². The van der Waals surface area contributed by atoms with Crippen LogP contribution >= 0.6 is 0 Å². The van der Waals surface area contributed by atoms with Gasteiger partial charge < -0.3 is 20.9 Å². The minimum absolute atomic E-state index is 0.0621. The van der Waals surface area contributed by atoms with E-state index in [0.29, 0.717) is 35.9 Å². The van der Waals surface area contributed by atoms with E-state index in [1.54, 1.807) is 6.20 Å². The maximum absolute atomic E-state index is 8.19. The van der Waals surface area contributed by atoms with Crippen molar-refractivity contribution in [3.63, 3.8) is 0 Å². The molecule has 6 heteroatoms. The Morgan fingerprint density at radius 1 is 1.09 bits per heavy atom. The zero-order valence-corrected chi connectivity index (χ0v) is 19.5. The van der Waals surface area contributed by atoms with E-state index >= 15 is 0 Å². The summed E-state index contributed by atoms with van der Waals surface area (Å²) >= 11 is 0. The largest absolute Gasteiger partial charge is 0.493 e. The van der Waals surface area contributed by atoms with Crippen LogP contribution in [0.25, 0.3) is 16.8 Å². The standard InChI is InChI=1S/C28H30N4O2/c1-18(2)17-33-21-12-10-20(11-13-21)27-26(29)25(28(30)31)24(16-32-27)19-8-14-23(15-9-19)34-22-6-4-3-5-7-22/h3-14,16,18,23H,15,17,29H2,1-2H3,(H3,30,31). The molecule has 0 spiro atoms. The average Bonchev–Trinajstić information content (AvgIpc) is 2.84. The molecule has 2 aromatic carbocycles. The summed E-state index contributed by atoms with van der Waals surface area (Å²) in [6.45, 7) is 4.87. The van der Waals surface area contributed by atoms with Gasteiger partial charge in [0.2, 0.25) is 0 Å². The molecule has 0 fully saturated rings. The quantitative estimate of drug-likeness (QED) is 0.310. The highest BCUT2D eigenvalue weighted by Gasteiger charge is 2.20. The minimum atomic E-state index is -0.0926. The van der Waals surface area contributed by atoms with Crippen LogP contribution in [0.1, 0.15) is 31.4 Å². The van der Waals surface area contributed by atoms with Crippen LogP contribution in [-0.2, 0) is 0 Å². The number of nitrogens with two attached hydrogens (primary N) is 2. The molecule has 1 aliphatic carbocycles. The lowest BCUT2D eigenvalue weighted by Crippen LogP contribution is -2.19. The van der Waals surface area contributed by atoms with Crippen molar-refractivity contribution in [2.75, 3.05) is 12.3 Å². The van der Waals surface area contributed by atoms with E-state index in [4.69, 9.17) is 26.4 Å². The van der Waals surface area contributed by atoms with Crippen molar-refractivity contribution in [2.24, 2.45) is 11.7 Å². The molecule has 34 heavy (non-hydrogen) atoms. The Labute approximate surface area is 200 Å². The predicted octanol–water partition coefficient (Wildman–Crippen LogP) is 5.44. The number of nitrogens with one attached hydrogen (secondary N) is 1. The molecular weight excluding hydrogens is 424 g/mol. The van der Waals surface area contributed by atoms with Gasteiger partial charge in [-0.15, -0.1) is 0 Å². The van der Waals surface area contributed by atoms with E-state index in [1.807, 2.05) is 66.7 Å². The highest BCUT2D eigenvalue weighted by molar-refractivity contribution is 6.07. The summed E-state index contributed by atoms with van der Waals surface area (Å²) in [6, 6.07) is 17.4. The number of nitrogen functional groups attached to an aromatic ring is 2. The van der Waals surface area contributed by atoms with Gasteiger partial charge in [0.15, 0.2) is 0 Å². The number of pyridine rings is 1. The second-order valence-electron chi connectivity index (χ2n) is 8.68. The summed E-state index contributed by atoms with van der Waals surface area (Å²) in [7, 11) is 0. The molecule has 1 aromatic heterocycles. The first-order chi connectivity index (χ1) is 16.4. The molecule has 1 atom stereocenters. The maximum Gasteiger partial charge on any atom is 0.125 e. The highest BCUT2D eigenvalue weighted by atomic mass is 16.5. The van der Waals surface area contributed by atoms with E-state index in [9.17, 15) is 0 Å². The summed E-state index contributed by atoms with van der Waals surface area (Å²) < 4.78 is 11.8. The first kappa shape index (κ1) is 23.1. The van der Waals surface area contributed by atoms with Crippen molar-refractivity contribution in [1.82, 2.24) is 4.98 Å². The smallest absolute Gasteiger partial charge is 0.125 e. The van der Waals surface area contributed by atoms with Crippen LogP contribution < -0.4 is 20.9 Å². The van der Waals surface area contributed by atoms with E-state index in [0.717, 1.165) is 28.2 Å². The normalized spacial score (nSPS) is 15.1. The topological polar surface area (TPSA) is 107 Å². The number of para-hydroxylation sites is 1. The molecule has 0 bridgehead atoms. The van der Waals surface area contributed by atoms with Crippen molar-refractivity contribution >= 4 is 17.1 Å². The van der Waals surface area contributed by atoms with Gasteiger partial charge in [-0.1, -0.05) is 44.2 Å². The molecule has 0 aliphatic heterocycles. The maximum atomic E-state index is 8.19. The van der Waals surface area contributed by atoms with Crippen LogP contribution in [0.5, 0.6) is 11.5 Å². The van der Waals surface area contributed by atoms with Gasteiger partial charge in [-0.2, -0.15) is 0 Å². The van der Waals surface area contributed by atoms with Crippen LogP contribution in [0.15, 0.2) is 79.0 Å². The molecule has 3 aromatic rings. The molecule has 4 rings (SSSR count). The van der Waals surface area contributed by atoms with Crippen molar-refractivity contribution in [2.45, 2.75) is 26.4 Å². The molecule has 6 nitrogen and oxygen atoms in total. The summed E-state index contributed by atoms with van der Waals surface area (Å²) in [5.41, 5.74) is 16.4. The molecule has 0 saturated heterocycles. The first-order valence-electron chi connectivity index (χ1n) is 11.4. The number of nitrogens with zero attached hydrogens (tertiary/aromatic N) is 1. The third kappa shape index (κ3) is 5.29. The van der Waals surface area contributed by atoms with Crippen LogP contribution in [-0.4, -0.2) is 23.5 Å². The zero-order valence-electron chi connectivity index (χ0n) is 19.5. The van der Waals surface area contributed by atoms with Gasteiger partial charge in [0.05, 0.1) is 23.6 Å². The van der Waals surface area contributed by atoms with E-state index in [2.05, 4.69) is 24.9 Å². The molecule has 1 unspecified atom stereocenters. The van der Waals surface area contributed by atoms with Crippen molar-refractivity contribution in [3.8, 4) is 22.8 Å². The molecule has 1 aliphatic rings. The Morgan fingerprint density at radius 2 is 1.82 bits per heavy atom. The third-order valence-corrected chi connectivity index (χ3v) is 5.50. The van der Waals surface area contributed by atoms with E-state index < -0.39 is 0 Å². The average molecular weight is 455 g/mol. The van der Waals surface area contributed by atoms with Gasteiger partial charge in [0.25, 0.3) is 0 Å². The predicted molar refractivity (Wildman–Crippen MR) is 138 cm³/mol. The third-order valence-electron chi connectivity index (χ3n) is 5.50. The summed E-state index contributed by atoms with van der Waals surface area (Å²) in [5, 5.41) is 8.19. The Hall–Kier alpha value is -4.06. The number of hydrogen-bond donors (Lipinski definition) is 3. The minimum Gasteiger partial charge on any atom is -0.493 e. The number of anilines is 1. The fraction of sp³-hybridized carbons (Fsp3) is 0.214. The number of aromatic nitrogens is 1. The number of amidine groups is 1. The van der Waals surface area contributed by atoms with E-state index in [1.165, 1.54) is 0 Å². The summed E-state index contributed by atoms with van der Waals surface area (Å²) in [6.07, 6.45) is 8.41. The second-order valence-corrected chi connectivity index (χ2v) is 8.68. The Kier molecular flexibility index (Phi) is 6.97. The van der Waals surface area contributed by atoms with Crippen LogP contribution in [0.2, 0.25) is 0 Å². The monoisotopic (exact) mass is 454 g/mol. The summed E-state index contributed by atoms with van der Waals surface area (Å²) in [5.74, 6) is 1.98. The van der Waals surface area contributed by atoms with Gasteiger partial charge in [-0.25, -0.2) is 0 Å². The highest BCUT2D eigenvalue weighted by Crippen LogP contribution is 2.34. The molecule has 1 heterocycles. The van der Waals surface area contributed by atoms with Crippen LogP contribution in [0.3, 0.4) is 0 Å². The van der Waals surface area contributed by atoms with Crippen molar-refractivity contribution < 1.29 is 9.47 Å². The van der Waals surface area contributed by atoms with Crippen molar-refractivity contribution in [1.29, 1.82) is 5.41 Å². The number of ether oxygens (including phenoxy) is 2. The van der Waals surface area contributed by atoms with Crippen molar-refractivity contribution in [3.05, 3.63) is 90.1 Å². The SMILES string of the molecule is CC(C)COc1ccc(-c2ncc(C3=CCC(Oc4ccccc4)C=C3)c(C(=N)N)c2N)cc1. The summed E-state index contributed by atoms with van der Waals surface area (Å²) in [4.78, 5) is 4.63. The van der Waals surface area contributed by atoms with Gasteiger partial charge >= 0.3 is 0 Å². The van der Waals surface area contributed by atoms with Crippen LogP contribution in [0, 0.1) is 11.3 Å². The zero-order chi connectivity index (χ0) is 24.1. The Balaban J connectivity index is 1.56. The second kappa shape index (κ2) is 10.3. The van der Waals surface area contributed by atoms with Gasteiger partial charge in [0, 0.05) is 23.7 Å². The number of benzene rings is 2. The molecular formula is C28H30N4O2. The molecule has 174 valence electrons. The lowest BCUT2D eigenvalue weighted by molar-refractivity contribution is 0.252. The number of allylic oxidation sites excluding steroid dienone is 2. The van der Waals surface area contributed by atoms with Gasteiger partial charge in [0.1, 0.15) is 23.4 Å².